The summed E-state index contributed by atoms with van der Waals surface area (Å²) in [5, 5.41) is 16.3. The number of sulfone groups is 1. The molecular formula is C18H21F3N4O6S. The highest BCUT2D eigenvalue weighted by Crippen LogP contribution is 2.34. The van der Waals surface area contributed by atoms with E-state index in [0.29, 0.717) is 12.5 Å². The number of hydrogen-bond donors (Lipinski definition) is 2. The molecule has 176 valence electrons. The van der Waals surface area contributed by atoms with Crippen LogP contribution in [0.3, 0.4) is 0 Å². The first-order valence-electron chi connectivity index (χ1n) is 9.74. The van der Waals surface area contributed by atoms with Gasteiger partial charge in [0.1, 0.15) is 5.69 Å². The number of nitro groups is 1. The molecule has 2 aliphatic heterocycles. The van der Waals surface area contributed by atoms with Crippen molar-refractivity contribution < 1.29 is 36.1 Å². The molecule has 0 radical (unpaired) electrons. The van der Waals surface area contributed by atoms with Crippen LogP contribution in [0.2, 0.25) is 0 Å². The largest absolute Gasteiger partial charge is 0.416 e. The summed E-state index contributed by atoms with van der Waals surface area (Å²) in [6, 6.07) is 1.68. The second-order valence-corrected chi connectivity index (χ2v) is 9.94. The number of amides is 2. The number of carbonyl (C=O) groups is 2. The van der Waals surface area contributed by atoms with E-state index in [-0.39, 0.29) is 49.2 Å². The van der Waals surface area contributed by atoms with Crippen molar-refractivity contribution in [2.45, 2.75) is 25.1 Å². The Balaban J connectivity index is 1.50. The first kappa shape index (κ1) is 23.8. The summed E-state index contributed by atoms with van der Waals surface area (Å²) in [6.07, 6.45) is -4.41. The lowest BCUT2D eigenvalue weighted by Gasteiger charge is -2.22. The van der Waals surface area contributed by atoms with E-state index in [1.807, 2.05) is 0 Å². The van der Waals surface area contributed by atoms with Crippen molar-refractivity contribution in [2.75, 3.05) is 36.5 Å². The smallest absolute Gasteiger partial charge is 0.378 e. The second kappa shape index (κ2) is 8.92. The van der Waals surface area contributed by atoms with E-state index in [2.05, 4.69) is 10.6 Å². The number of anilines is 1. The number of nitrogens with zero attached hydrogens (tertiary/aromatic N) is 2. The molecule has 2 unspecified atom stereocenters. The summed E-state index contributed by atoms with van der Waals surface area (Å²) < 4.78 is 61.5. The van der Waals surface area contributed by atoms with E-state index in [1.165, 1.54) is 4.90 Å². The Bertz CT molecular complexity index is 1030. The SMILES string of the molecule is O=C(NCCNc1ccc(C(F)(F)F)cc1[N+](=O)[O-])C1CC(=O)N(C2CCS(=O)(=O)C2)C1. The van der Waals surface area contributed by atoms with Gasteiger partial charge in [0.2, 0.25) is 11.8 Å². The second-order valence-electron chi connectivity index (χ2n) is 7.71. The highest BCUT2D eigenvalue weighted by molar-refractivity contribution is 7.91. The molecule has 0 spiro atoms. The minimum absolute atomic E-state index is 0.00317. The normalized spacial score (nSPS) is 22.7. The van der Waals surface area contributed by atoms with E-state index >= 15 is 0 Å². The third kappa shape index (κ3) is 5.47. The lowest BCUT2D eigenvalue weighted by atomic mass is 10.1. The Labute approximate surface area is 181 Å². The number of likely N-dealkylation sites (tertiary alicyclic amines) is 1. The summed E-state index contributed by atoms with van der Waals surface area (Å²) in [7, 11) is -3.17. The summed E-state index contributed by atoms with van der Waals surface area (Å²) in [5.74, 6) is -1.45. The molecular weight excluding hydrogens is 457 g/mol. The van der Waals surface area contributed by atoms with E-state index in [0.717, 1.165) is 12.1 Å². The zero-order valence-electron chi connectivity index (χ0n) is 16.7. The van der Waals surface area contributed by atoms with Crippen molar-refractivity contribution >= 4 is 33.0 Å². The molecule has 32 heavy (non-hydrogen) atoms. The van der Waals surface area contributed by atoms with Crippen LogP contribution in [0.15, 0.2) is 18.2 Å². The highest BCUT2D eigenvalue weighted by Gasteiger charge is 2.41. The molecule has 2 atom stereocenters. The fourth-order valence-electron chi connectivity index (χ4n) is 3.82. The van der Waals surface area contributed by atoms with Gasteiger partial charge in [0.15, 0.2) is 9.84 Å². The fourth-order valence-corrected chi connectivity index (χ4v) is 5.55. The maximum atomic E-state index is 12.8. The van der Waals surface area contributed by atoms with Crippen molar-refractivity contribution in [1.82, 2.24) is 10.2 Å². The minimum atomic E-state index is -4.72. The molecule has 2 N–H and O–H groups in total. The molecule has 1 aromatic carbocycles. The van der Waals surface area contributed by atoms with Gasteiger partial charge in [0, 0.05) is 38.2 Å². The predicted molar refractivity (Wildman–Crippen MR) is 106 cm³/mol. The number of rotatable bonds is 7. The molecule has 1 aromatic rings. The standard InChI is InChI=1S/C18H21F3N4O6S/c19-18(20,21)12-1-2-14(15(8-12)25(28)29)22-4-5-23-17(27)11-7-16(26)24(9-11)13-3-6-32(30,31)10-13/h1-2,8,11,13,22H,3-7,9-10H2,(H,23,27). The van der Waals surface area contributed by atoms with Crippen molar-refractivity contribution in [2.24, 2.45) is 5.92 Å². The molecule has 0 saturated carbocycles. The zero-order valence-corrected chi connectivity index (χ0v) is 17.5. The number of nitrogens with one attached hydrogen (secondary N) is 2. The number of benzene rings is 1. The molecule has 2 aliphatic rings. The van der Waals surface area contributed by atoms with Crippen LogP contribution in [0, 0.1) is 16.0 Å². The number of halogens is 3. The molecule has 10 nitrogen and oxygen atoms in total. The first-order valence-corrected chi connectivity index (χ1v) is 11.6. The number of carbonyl (C=O) groups excluding carboxylic acids is 2. The maximum absolute atomic E-state index is 12.8. The first-order chi connectivity index (χ1) is 14.9. The van der Waals surface area contributed by atoms with Crippen LogP contribution in [-0.4, -0.2) is 67.2 Å². The molecule has 0 bridgehead atoms. The monoisotopic (exact) mass is 478 g/mol. The number of alkyl halides is 3. The third-order valence-corrected chi connectivity index (χ3v) is 7.19. The third-order valence-electron chi connectivity index (χ3n) is 5.44. The average molecular weight is 478 g/mol. The van der Waals surface area contributed by atoms with Gasteiger partial charge in [-0.3, -0.25) is 19.7 Å². The van der Waals surface area contributed by atoms with Gasteiger partial charge in [-0.2, -0.15) is 13.2 Å². The topological polar surface area (TPSA) is 139 Å². The van der Waals surface area contributed by atoms with Crippen LogP contribution in [0.5, 0.6) is 0 Å². The van der Waals surface area contributed by atoms with Crippen LogP contribution >= 0.6 is 0 Å². The molecule has 2 fully saturated rings. The summed E-state index contributed by atoms with van der Waals surface area (Å²) >= 11 is 0. The van der Waals surface area contributed by atoms with E-state index < -0.39 is 50.1 Å². The highest BCUT2D eigenvalue weighted by atomic mass is 32.2. The maximum Gasteiger partial charge on any atom is 0.416 e. The number of hydrogen-bond acceptors (Lipinski definition) is 7. The predicted octanol–water partition coefficient (Wildman–Crippen LogP) is 1.18. The Morgan fingerprint density at radius 3 is 2.59 bits per heavy atom. The van der Waals surface area contributed by atoms with Gasteiger partial charge in [0.05, 0.1) is 27.9 Å². The lowest BCUT2D eigenvalue weighted by molar-refractivity contribution is -0.384. The molecule has 0 aliphatic carbocycles. The van der Waals surface area contributed by atoms with E-state index in [1.54, 1.807) is 0 Å². The molecule has 3 rings (SSSR count). The molecule has 2 heterocycles. The Hall–Kier alpha value is -2.90. The zero-order chi connectivity index (χ0) is 23.7. The molecule has 2 saturated heterocycles. The van der Waals surface area contributed by atoms with Crippen LogP contribution in [-0.2, 0) is 25.6 Å². The van der Waals surface area contributed by atoms with Crippen molar-refractivity contribution in [3.63, 3.8) is 0 Å². The minimum Gasteiger partial charge on any atom is -0.378 e. The van der Waals surface area contributed by atoms with Gasteiger partial charge in [-0.25, -0.2) is 8.42 Å². The Morgan fingerprint density at radius 1 is 1.28 bits per heavy atom. The quantitative estimate of drug-likeness (QED) is 0.341. The van der Waals surface area contributed by atoms with Crippen molar-refractivity contribution in [1.29, 1.82) is 0 Å². The van der Waals surface area contributed by atoms with E-state index in [4.69, 9.17) is 0 Å². The van der Waals surface area contributed by atoms with Gasteiger partial charge in [-0.15, -0.1) is 0 Å². The summed E-state index contributed by atoms with van der Waals surface area (Å²) in [4.78, 5) is 36.1. The average Bonchev–Trinajstić information content (AvgIpc) is 3.26. The van der Waals surface area contributed by atoms with Crippen LogP contribution < -0.4 is 10.6 Å². The van der Waals surface area contributed by atoms with Gasteiger partial charge >= 0.3 is 6.18 Å². The van der Waals surface area contributed by atoms with Crippen molar-refractivity contribution in [3.8, 4) is 0 Å². The lowest BCUT2D eigenvalue weighted by Crippen LogP contribution is -2.39. The van der Waals surface area contributed by atoms with Gasteiger partial charge in [0.25, 0.3) is 5.69 Å². The van der Waals surface area contributed by atoms with Gasteiger partial charge < -0.3 is 15.5 Å². The van der Waals surface area contributed by atoms with Crippen LogP contribution in [0.1, 0.15) is 18.4 Å². The Morgan fingerprint density at radius 2 is 2.00 bits per heavy atom. The Kier molecular flexibility index (Phi) is 6.62. The van der Waals surface area contributed by atoms with Crippen molar-refractivity contribution in [3.05, 3.63) is 33.9 Å². The molecule has 14 heteroatoms. The van der Waals surface area contributed by atoms with Crippen LogP contribution in [0.25, 0.3) is 0 Å². The fraction of sp³-hybridized carbons (Fsp3) is 0.556. The van der Waals surface area contributed by atoms with Crippen LogP contribution in [0.4, 0.5) is 24.5 Å². The molecule has 2 amide bonds. The molecule has 0 aromatic heterocycles. The summed E-state index contributed by atoms with van der Waals surface area (Å²) in [6.45, 7) is 0.130. The van der Waals surface area contributed by atoms with Gasteiger partial charge in [-0.05, 0) is 18.6 Å². The van der Waals surface area contributed by atoms with Gasteiger partial charge in [-0.1, -0.05) is 0 Å². The van der Waals surface area contributed by atoms with E-state index in [9.17, 15) is 41.3 Å². The number of nitro benzene ring substituents is 1. The summed E-state index contributed by atoms with van der Waals surface area (Å²) in [5.41, 5.74) is -2.01.